The lowest BCUT2D eigenvalue weighted by Gasteiger charge is -2.12. The van der Waals surface area contributed by atoms with Gasteiger partial charge in [-0.15, -0.1) is 0 Å². The molecular formula is C17H15ClFNO3. The van der Waals surface area contributed by atoms with Crippen molar-refractivity contribution in [3.05, 3.63) is 58.4 Å². The van der Waals surface area contributed by atoms with Crippen LogP contribution in [0, 0.1) is 12.7 Å². The van der Waals surface area contributed by atoms with Crippen LogP contribution in [0.25, 0.3) is 0 Å². The Morgan fingerprint density at radius 3 is 2.70 bits per heavy atom. The molecule has 0 fully saturated rings. The first-order chi connectivity index (χ1) is 10.9. The maximum Gasteiger partial charge on any atom is 0.262 e. The second-order valence-electron chi connectivity index (χ2n) is 4.95. The Labute approximate surface area is 138 Å². The van der Waals surface area contributed by atoms with E-state index in [-0.39, 0.29) is 23.7 Å². The fraction of sp³-hybridized carbons (Fsp3) is 0.176. The highest BCUT2D eigenvalue weighted by molar-refractivity contribution is 6.31. The van der Waals surface area contributed by atoms with Gasteiger partial charge in [0, 0.05) is 10.7 Å². The van der Waals surface area contributed by atoms with Gasteiger partial charge in [-0.05, 0) is 49.7 Å². The number of nitrogens with one attached hydrogen (secondary N) is 1. The minimum Gasteiger partial charge on any atom is -0.483 e. The van der Waals surface area contributed by atoms with Crippen molar-refractivity contribution in [2.75, 3.05) is 11.9 Å². The first-order valence-corrected chi connectivity index (χ1v) is 7.24. The molecule has 0 aliphatic carbocycles. The smallest absolute Gasteiger partial charge is 0.262 e. The van der Waals surface area contributed by atoms with E-state index in [9.17, 15) is 14.0 Å². The quantitative estimate of drug-likeness (QED) is 0.840. The number of anilines is 1. The Balaban J connectivity index is 2.05. The van der Waals surface area contributed by atoms with Crippen LogP contribution in [0.4, 0.5) is 10.1 Å². The minimum absolute atomic E-state index is 0.0942. The first-order valence-electron chi connectivity index (χ1n) is 6.86. The Morgan fingerprint density at radius 2 is 2.00 bits per heavy atom. The van der Waals surface area contributed by atoms with Crippen LogP contribution in [0.2, 0.25) is 5.02 Å². The maximum atomic E-state index is 13.2. The summed E-state index contributed by atoms with van der Waals surface area (Å²) in [7, 11) is 0. The average molecular weight is 336 g/mol. The lowest BCUT2D eigenvalue weighted by Crippen LogP contribution is -2.21. The number of amides is 1. The zero-order valence-corrected chi connectivity index (χ0v) is 13.4. The van der Waals surface area contributed by atoms with Crippen molar-refractivity contribution in [2.24, 2.45) is 0 Å². The van der Waals surface area contributed by atoms with Gasteiger partial charge < -0.3 is 10.1 Å². The molecule has 0 unspecified atom stereocenters. The number of hydrogen-bond acceptors (Lipinski definition) is 3. The van der Waals surface area contributed by atoms with Gasteiger partial charge in [-0.2, -0.15) is 0 Å². The molecule has 0 aliphatic rings. The van der Waals surface area contributed by atoms with Crippen molar-refractivity contribution in [2.45, 2.75) is 13.8 Å². The molecule has 2 rings (SSSR count). The molecule has 6 heteroatoms. The third kappa shape index (κ3) is 4.29. The number of benzene rings is 2. The van der Waals surface area contributed by atoms with E-state index in [1.807, 2.05) is 0 Å². The predicted molar refractivity (Wildman–Crippen MR) is 86.7 cm³/mol. The number of carbonyl (C=O) groups excluding carboxylic acids is 2. The van der Waals surface area contributed by atoms with E-state index < -0.39 is 11.7 Å². The Morgan fingerprint density at radius 1 is 1.26 bits per heavy atom. The highest BCUT2D eigenvalue weighted by Crippen LogP contribution is 2.23. The molecule has 0 atom stereocenters. The molecule has 2 aromatic rings. The topological polar surface area (TPSA) is 55.4 Å². The number of halogens is 2. The summed E-state index contributed by atoms with van der Waals surface area (Å²) in [5, 5.41) is 3.22. The van der Waals surface area contributed by atoms with E-state index in [0.717, 1.165) is 11.6 Å². The third-order valence-electron chi connectivity index (χ3n) is 3.22. The second kappa shape index (κ2) is 7.24. The Hall–Kier alpha value is -2.40. The SMILES string of the molecule is CC(=O)c1cc(F)ccc1OCC(=O)Nc1cccc(Cl)c1C. The molecule has 1 amide bonds. The lowest BCUT2D eigenvalue weighted by molar-refractivity contribution is -0.118. The van der Waals surface area contributed by atoms with Gasteiger partial charge in [-0.1, -0.05) is 17.7 Å². The van der Waals surface area contributed by atoms with Crippen LogP contribution < -0.4 is 10.1 Å². The summed E-state index contributed by atoms with van der Waals surface area (Å²) in [6.45, 7) is 2.78. The summed E-state index contributed by atoms with van der Waals surface area (Å²) in [5.41, 5.74) is 1.42. The van der Waals surface area contributed by atoms with Crippen molar-refractivity contribution in [1.29, 1.82) is 0 Å². The van der Waals surface area contributed by atoms with E-state index in [4.69, 9.17) is 16.3 Å². The highest BCUT2D eigenvalue weighted by atomic mass is 35.5. The third-order valence-corrected chi connectivity index (χ3v) is 3.63. The van der Waals surface area contributed by atoms with Gasteiger partial charge in [0.1, 0.15) is 11.6 Å². The standard InChI is InChI=1S/C17H15ClFNO3/c1-10-14(18)4-3-5-15(10)20-17(22)9-23-16-7-6-12(19)8-13(16)11(2)21/h3-8H,9H2,1-2H3,(H,20,22). The van der Waals surface area contributed by atoms with Crippen LogP contribution in [0.15, 0.2) is 36.4 Å². The van der Waals surface area contributed by atoms with Gasteiger partial charge in [-0.3, -0.25) is 9.59 Å². The zero-order chi connectivity index (χ0) is 17.0. The minimum atomic E-state index is -0.540. The molecule has 1 N–H and O–H groups in total. The molecular weight excluding hydrogens is 321 g/mol. The van der Waals surface area contributed by atoms with Crippen molar-refractivity contribution >= 4 is 29.0 Å². The molecule has 0 radical (unpaired) electrons. The van der Waals surface area contributed by atoms with Crippen LogP contribution in [-0.4, -0.2) is 18.3 Å². The van der Waals surface area contributed by atoms with E-state index in [2.05, 4.69) is 5.32 Å². The van der Waals surface area contributed by atoms with Gasteiger partial charge in [0.25, 0.3) is 5.91 Å². The second-order valence-corrected chi connectivity index (χ2v) is 5.35. The summed E-state index contributed by atoms with van der Waals surface area (Å²) in [6, 6.07) is 8.74. The molecule has 120 valence electrons. The number of carbonyl (C=O) groups is 2. The summed E-state index contributed by atoms with van der Waals surface area (Å²) in [6.07, 6.45) is 0. The van der Waals surface area contributed by atoms with Crippen molar-refractivity contribution in [3.8, 4) is 5.75 Å². The van der Waals surface area contributed by atoms with E-state index >= 15 is 0 Å². The molecule has 0 spiro atoms. The van der Waals surface area contributed by atoms with Crippen LogP contribution in [0.3, 0.4) is 0 Å². The van der Waals surface area contributed by atoms with Crippen molar-refractivity contribution in [1.82, 2.24) is 0 Å². The summed E-state index contributed by atoms with van der Waals surface area (Å²) < 4.78 is 18.5. The van der Waals surface area contributed by atoms with Gasteiger partial charge >= 0.3 is 0 Å². The molecule has 0 heterocycles. The summed E-state index contributed by atoms with van der Waals surface area (Å²) in [5.74, 6) is -1.13. The van der Waals surface area contributed by atoms with Crippen molar-refractivity contribution < 1.29 is 18.7 Å². The largest absolute Gasteiger partial charge is 0.483 e. The van der Waals surface area contributed by atoms with Gasteiger partial charge in [0.15, 0.2) is 12.4 Å². The number of rotatable bonds is 5. The van der Waals surface area contributed by atoms with Crippen LogP contribution in [0.5, 0.6) is 5.75 Å². The molecule has 0 aromatic heterocycles. The number of Topliss-reactive ketones (excluding diaryl/α,β-unsaturated/α-hetero) is 1. The van der Waals surface area contributed by atoms with Crippen LogP contribution in [-0.2, 0) is 4.79 Å². The summed E-state index contributed by atoms with van der Waals surface area (Å²) >= 11 is 5.99. The summed E-state index contributed by atoms with van der Waals surface area (Å²) in [4.78, 5) is 23.4. The zero-order valence-electron chi connectivity index (χ0n) is 12.7. The fourth-order valence-corrected chi connectivity index (χ4v) is 2.15. The molecule has 23 heavy (non-hydrogen) atoms. The van der Waals surface area contributed by atoms with Gasteiger partial charge in [-0.25, -0.2) is 4.39 Å². The highest BCUT2D eigenvalue weighted by Gasteiger charge is 2.12. The van der Waals surface area contributed by atoms with Gasteiger partial charge in [0.05, 0.1) is 5.56 Å². The number of ether oxygens (including phenoxy) is 1. The predicted octanol–water partition coefficient (Wildman–Crippen LogP) is 4.01. The number of ketones is 1. The van der Waals surface area contributed by atoms with Crippen molar-refractivity contribution in [3.63, 3.8) is 0 Å². The lowest BCUT2D eigenvalue weighted by atomic mass is 10.1. The fourth-order valence-electron chi connectivity index (χ4n) is 1.98. The number of hydrogen-bond donors (Lipinski definition) is 1. The van der Waals surface area contributed by atoms with Gasteiger partial charge in [0.2, 0.25) is 0 Å². The van der Waals surface area contributed by atoms with E-state index in [0.29, 0.717) is 10.7 Å². The van der Waals surface area contributed by atoms with Crippen LogP contribution in [0.1, 0.15) is 22.8 Å². The normalized spacial score (nSPS) is 10.3. The maximum absolute atomic E-state index is 13.2. The Bertz CT molecular complexity index is 761. The average Bonchev–Trinajstić information content (AvgIpc) is 2.50. The molecule has 2 aromatic carbocycles. The molecule has 4 nitrogen and oxygen atoms in total. The monoisotopic (exact) mass is 335 g/mol. The van der Waals surface area contributed by atoms with E-state index in [1.54, 1.807) is 25.1 Å². The molecule has 0 saturated carbocycles. The van der Waals surface area contributed by atoms with E-state index in [1.165, 1.54) is 19.1 Å². The Kier molecular flexibility index (Phi) is 5.34. The molecule has 0 aliphatic heterocycles. The molecule has 0 saturated heterocycles. The van der Waals surface area contributed by atoms with Crippen LogP contribution >= 0.6 is 11.6 Å². The first kappa shape index (κ1) is 17.0. The molecule has 0 bridgehead atoms.